The smallest absolute Gasteiger partial charge is 0.413 e. The molecule has 1 aliphatic rings. The second kappa shape index (κ2) is 5.49. The molecule has 20 heavy (non-hydrogen) atoms. The normalized spacial score (nSPS) is 15.8. The summed E-state index contributed by atoms with van der Waals surface area (Å²) in [7, 11) is -4.49. The molecule has 1 aliphatic heterocycles. The van der Waals surface area contributed by atoms with Crippen molar-refractivity contribution in [1.82, 2.24) is 0 Å². The fraction of sp³-hybridized carbons (Fsp3) is 0.455. The molecule has 5 nitrogen and oxygen atoms in total. The Morgan fingerprint density at radius 2 is 1.80 bits per heavy atom. The first-order valence-corrected chi connectivity index (χ1v) is 7.05. The van der Waals surface area contributed by atoms with Crippen LogP contribution in [0.15, 0.2) is 23.1 Å². The van der Waals surface area contributed by atoms with E-state index in [0.717, 1.165) is 12.1 Å². The maximum atomic E-state index is 12.0. The van der Waals surface area contributed by atoms with E-state index in [1.165, 1.54) is 6.07 Å². The number of alkyl halides is 3. The van der Waals surface area contributed by atoms with Crippen LogP contribution in [0.3, 0.4) is 0 Å². The van der Waals surface area contributed by atoms with Crippen LogP contribution < -0.4 is 9.47 Å². The summed E-state index contributed by atoms with van der Waals surface area (Å²) in [4.78, 5) is -0.411. The van der Waals surface area contributed by atoms with Crippen LogP contribution in [0.25, 0.3) is 0 Å². The van der Waals surface area contributed by atoms with E-state index < -0.39 is 27.8 Å². The predicted molar refractivity (Wildman–Crippen MR) is 61.2 cm³/mol. The molecular formula is C11H11F3O5S. The summed E-state index contributed by atoms with van der Waals surface area (Å²) in [6.07, 6.45) is -4.10. The van der Waals surface area contributed by atoms with Crippen molar-refractivity contribution in [3.05, 3.63) is 18.2 Å². The topological polar surface area (TPSA) is 61.8 Å². The molecular weight excluding hydrogens is 301 g/mol. The maximum Gasteiger partial charge on any atom is 0.413 e. The summed E-state index contributed by atoms with van der Waals surface area (Å²) >= 11 is 0. The van der Waals surface area contributed by atoms with Crippen molar-refractivity contribution in [2.24, 2.45) is 0 Å². The van der Waals surface area contributed by atoms with E-state index >= 15 is 0 Å². The number of hydrogen-bond acceptors (Lipinski definition) is 5. The number of halogens is 3. The van der Waals surface area contributed by atoms with Crippen LogP contribution in [0.2, 0.25) is 0 Å². The van der Waals surface area contributed by atoms with Gasteiger partial charge in [-0.2, -0.15) is 21.6 Å². The van der Waals surface area contributed by atoms with Gasteiger partial charge in [0.25, 0.3) is 10.1 Å². The zero-order valence-electron chi connectivity index (χ0n) is 10.1. The number of benzene rings is 1. The monoisotopic (exact) mass is 312 g/mol. The van der Waals surface area contributed by atoms with Crippen molar-refractivity contribution in [2.45, 2.75) is 17.5 Å². The zero-order valence-corrected chi connectivity index (χ0v) is 11.0. The van der Waals surface area contributed by atoms with E-state index in [9.17, 15) is 21.6 Å². The van der Waals surface area contributed by atoms with Crippen LogP contribution in [0.1, 0.15) is 6.42 Å². The van der Waals surface area contributed by atoms with Gasteiger partial charge in [-0.05, 0) is 12.1 Å². The predicted octanol–water partition coefficient (Wildman–Crippen LogP) is 2.12. The Morgan fingerprint density at radius 1 is 1.15 bits per heavy atom. The van der Waals surface area contributed by atoms with Crippen molar-refractivity contribution >= 4 is 10.1 Å². The van der Waals surface area contributed by atoms with Gasteiger partial charge < -0.3 is 9.47 Å². The molecule has 1 aromatic rings. The molecule has 0 saturated heterocycles. The Labute approximate surface area is 113 Å². The lowest BCUT2D eigenvalue weighted by atomic mass is 10.3. The number of fused-ring (bicyclic) bond motifs is 1. The summed E-state index contributed by atoms with van der Waals surface area (Å²) in [5.74, 6) is 0.511. The first kappa shape index (κ1) is 14.9. The van der Waals surface area contributed by atoms with Crippen molar-refractivity contribution in [1.29, 1.82) is 0 Å². The summed E-state index contributed by atoms with van der Waals surface area (Å²) < 4.78 is 73.8. The number of ether oxygens (including phenoxy) is 2. The maximum absolute atomic E-state index is 12.0. The molecule has 0 atom stereocenters. The third-order valence-corrected chi connectivity index (χ3v) is 3.64. The van der Waals surface area contributed by atoms with Crippen molar-refractivity contribution in [2.75, 3.05) is 19.8 Å². The third-order valence-electron chi connectivity index (χ3n) is 2.39. The van der Waals surface area contributed by atoms with Gasteiger partial charge in [-0.25, -0.2) is 0 Å². The van der Waals surface area contributed by atoms with E-state index in [1.807, 2.05) is 0 Å². The Hall–Kier alpha value is -1.48. The average molecular weight is 312 g/mol. The second-order valence-electron chi connectivity index (χ2n) is 3.99. The van der Waals surface area contributed by atoms with Gasteiger partial charge >= 0.3 is 6.18 Å². The molecule has 0 fully saturated rings. The molecule has 0 bridgehead atoms. The van der Waals surface area contributed by atoms with Crippen LogP contribution >= 0.6 is 0 Å². The molecule has 0 saturated carbocycles. The first-order valence-electron chi connectivity index (χ1n) is 5.64. The molecule has 0 unspecified atom stereocenters. The van der Waals surface area contributed by atoms with Gasteiger partial charge in [0.2, 0.25) is 0 Å². The molecule has 2 rings (SSSR count). The van der Waals surface area contributed by atoms with Gasteiger partial charge in [0.1, 0.15) is 0 Å². The van der Waals surface area contributed by atoms with Gasteiger partial charge in [0.05, 0.1) is 18.1 Å². The Bertz CT molecular complexity index is 582. The van der Waals surface area contributed by atoms with E-state index in [-0.39, 0.29) is 5.75 Å². The molecule has 0 aliphatic carbocycles. The van der Waals surface area contributed by atoms with Crippen LogP contribution in [-0.2, 0) is 14.3 Å². The minimum atomic E-state index is -4.72. The van der Waals surface area contributed by atoms with Gasteiger partial charge in [-0.3, -0.25) is 4.18 Å². The molecule has 0 N–H and O–H groups in total. The lowest BCUT2D eigenvalue weighted by Gasteiger charge is -2.11. The standard InChI is InChI=1S/C11H11F3O5S/c12-11(13,14)7-19-20(15,16)8-2-3-9-10(6-8)18-5-1-4-17-9/h2-3,6H,1,4-5,7H2. The van der Waals surface area contributed by atoms with Gasteiger partial charge in [0, 0.05) is 12.5 Å². The van der Waals surface area contributed by atoms with Crippen molar-refractivity contribution in [3.8, 4) is 11.5 Å². The van der Waals surface area contributed by atoms with E-state index in [1.54, 1.807) is 0 Å². The highest BCUT2D eigenvalue weighted by Crippen LogP contribution is 2.32. The molecule has 0 radical (unpaired) electrons. The van der Waals surface area contributed by atoms with Crippen molar-refractivity contribution in [3.63, 3.8) is 0 Å². The minimum absolute atomic E-state index is 0.166. The lowest BCUT2D eigenvalue weighted by molar-refractivity contribution is -0.152. The SMILES string of the molecule is O=S(=O)(OCC(F)(F)F)c1ccc2c(c1)OCCCO2. The summed E-state index contributed by atoms with van der Waals surface area (Å²) in [6.45, 7) is -1.12. The van der Waals surface area contributed by atoms with Crippen LogP contribution in [0.5, 0.6) is 11.5 Å². The molecule has 0 amide bonds. The van der Waals surface area contributed by atoms with Crippen LogP contribution in [0.4, 0.5) is 13.2 Å². The molecule has 1 heterocycles. The van der Waals surface area contributed by atoms with Crippen molar-refractivity contribution < 1.29 is 35.2 Å². The van der Waals surface area contributed by atoms with Gasteiger partial charge in [-0.15, -0.1) is 0 Å². The van der Waals surface area contributed by atoms with Crippen LogP contribution in [-0.4, -0.2) is 34.4 Å². The Balaban J connectivity index is 2.22. The molecule has 112 valence electrons. The van der Waals surface area contributed by atoms with E-state index in [0.29, 0.717) is 25.4 Å². The molecule has 0 aromatic heterocycles. The summed E-state index contributed by atoms with van der Waals surface area (Å²) in [5.41, 5.74) is 0. The third kappa shape index (κ3) is 3.76. The fourth-order valence-corrected chi connectivity index (χ4v) is 2.42. The van der Waals surface area contributed by atoms with E-state index in [2.05, 4.69) is 4.18 Å². The molecule has 0 spiro atoms. The average Bonchev–Trinajstić information content (AvgIpc) is 2.60. The highest BCUT2D eigenvalue weighted by Gasteiger charge is 2.32. The lowest BCUT2D eigenvalue weighted by Crippen LogP contribution is -2.20. The minimum Gasteiger partial charge on any atom is -0.490 e. The number of rotatable bonds is 3. The number of hydrogen-bond donors (Lipinski definition) is 0. The fourth-order valence-electron chi connectivity index (χ4n) is 1.51. The highest BCUT2D eigenvalue weighted by atomic mass is 32.2. The summed E-state index contributed by atoms with van der Waals surface area (Å²) in [5, 5.41) is 0. The summed E-state index contributed by atoms with van der Waals surface area (Å²) in [6, 6.07) is 3.52. The van der Waals surface area contributed by atoms with E-state index in [4.69, 9.17) is 9.47 Å². The Morgan fingerprint density at radius 3 is 2.45 bits per heavy atom. The quantitative estimate of drug-likeness (QED) is 0.800. The second-order valence-corrected chi connectivity index (χ2v) is 5.61. The first-order chi connectivity index (χ1) is 9.28. The Kier molecular flexibility index (Phi) is 4.09. The van der Waals surface area contributed by atoms with Gasteiger partial charge in [-0.1, -0.05) is 0 Å². The molecule has 9 heteroatoms. The van der Waals surface area contributed by atoms with Gasteiger partial charge in [0.15, 0.2) is 18.1 Å². The zero-order chi connectivity index (χ0) is 14.8. The van der Waals surface area contributed by atoms with Crippen LogP contribution in [0, 0.1) is 0 Å². The molecule has 1 aromatic carbocycles. The largest absolute Gasteiger partial charge is 0.490 e. The highest BCUT2D eigenvalue weighted by molar-refractivity contribution is 7.86.